The predicted octanol–water partition coefficient (Wildman–Crippen LogP) is 2.58. The molecule has 0 aromatic heterocycles. The molecule has 0 aliphatic carbocycles. The van der Waals surface area contributed by atoms with E-state index in [1.807, 2.05) is 0 Å². The van der Waals surface area contributed by atoms with Crippen LogP contribution in [0.4, 0.5) is 0 Å². The molecule has 0 radical (unpaired) electrons. The molecular formula is C14H30Cl2N2O. The van der Waals surface area contributed by atoms with E-state index < -0.39 is 0 Å². The minimum absolute atomic E-state index is 0. The minimum atomic E-state index is 0. The molecular weight excluding hydrogens is 283 g/mol. The third-order valence-electron chi connectivity index (χ3n) is 4.29. The van der Waals surface area contributed by atoms with Gasteiger partial charge >= 0.3 is 0 Å². The quantitative estimate of drug-likeness (QED) is 0.844. The average molecular weight is 313 g/mol. The molecule has 19 heavy (non-hydrogen) atoms. The fourth-order valence-electron chi connectivity index (χ4n) is 3.03. The summed E-state index contributed by atoms with van der Waals surface area (Å²) >= 11 is 0. The van der Waals surface area contributed by atoms with E-state index >= 15 is 0 Å². The summed E-state index contributed by atoms with van der Waals surface area (Å²) < 4.78 is 5.41. The SMILES string of the molecule is CN(CCC1CCNCC1)CC1CCOCC1.Cl.Cl. The van der Waals surface area contributed by atoms with E-state index in [2.05, 4.69) is 17.3 Å². The fraction of sp³-hybridized carbons (Fsp3) is 1.00. The van der Waals surface area contributed by atoms with Crippen LogP contribution >= 0.6 is 24.8 Å². The van der Waals surface area contributed by atoms with E-state index in [0.717, 1.165) is 25.0 Å². The normalized spacial score (nSPS) is 21.8. The van der Waals surface area contributed by atoms with Crippen LogP contribution in [0.2, 0.25) is 0 Å². The van der Waals surface area contributed by atoms with E-state index in [1.54, 1.807) is 0 Å². The first-order valence-corrected chi connectivity index (χ1v) is 7.31. The van der Waals surface area contributed by atoms with Crippen molar-refractivity contribution < 1.29 is 4.74 Å². The molecule has 2 fully saturated rings. The molecule has 2 aliphatic heterocycles. The summed E-state index contributed by atoms with van der Waals surface area (Å²) in [6.45, 7) is 6.97. The first-order chi connectivity index (χ1) is 8.34. The van der Waals surface area contributed by atoms with Crippen LogP contribution in [0.5, 0.6) is 0 Å². The van der Waals surface area contributed by atoms with Crippen LogP contribution in [0.25, 0.3) is 0 Å². The first kappa shape index (κ1) is 19.5. The third kappa shape index (κ3) is 7.72. The van der Waals surface area contributed by atoms with E-state index in [-0.39, 0.29) is 24.8 Å². The van der Waals surface area contributed by atoms with Gasteiger partial charge in [-0.2, -0.15) is 0 Å². The Kier molecular flexibility index (Phi) is 11.4. The summed E-state index contributed by atoms with van der Waals surface area (Å²) in [5.41, 5.74) is 0. The molecule has 2 saturated heterocycles. The Bertz CT molecular complexity index is 208. The summed E-state index contributed by atoms with van der Waals surface area (Å²) in [5.74, 6) is 1.84. The van der Waals surface area contributed by atoms with E-state index in [0.29, 0.717) is 0 Å². The zero-order valence-corrected chi connectivity index (χ0v) is 13.7. The topological polar surface area (TPSA) is 24.5 Å². The van der Waals surface area contributed by atoms with Crippen molar-refractivity contribution in [3.63, 3.8) is 0 Å². The Morgan fingerprint density at radius 2 is 1.63 bits per heavy atom. The van der Waals surface area contributed by atoms with Gasteiger partial charge in [0.1, 0.15) is 0 Å². The highest BCUT2D eigenvalue weighted by Gasteiger charge is 2.17. The molecule has 0 unspecified atom stereocenters. The van der Waals surface area contributed by atoms with Gasteiger partial charge in [0, 0.05) is 19.8 Å². The molecule has 1 N–H and O–H groups in total. The molecule has 0 spiro atoms. The Balaban J connectivity index is 0.00000162. The molecule has 116 valence electrons. The molecule has 0 aromatic carbocycles. The van der Waals surface area contributed by atoms with Crippen molar-refractivity contribution in [2.45, 2.75) is 32.1 Å². The van der Waals surface area contributed by atoms with Gasteiger partial charge in [-0.3, -0.25) is 0 Å². The van der Waals surface area contributed by atoms with Crippen molar-refractivity contribution in [3.05, 3.63) is 0 Å². The van der Waals surface area contributed by atoms with Crippen LogP contribution in [-0.4, -0.2) is 51.3 Å². The van der Waals surface area contributed by atoms with Gasteiger partial charge in [-0.1, -0.05) is 0 Å². The number of rotatable bonds is 5. The molecule has 0 saturated carbocycles. The minimum Gasteiger partial charge on any atom is -0.381 e. The van der Waals surface area contributed by atoms with Crippen LogP contribution in [0.3, 0.4) is 0 Å². The maximum absolute atomic E-state index is 5.41. The lowest BCUT2D eigenvalue weighted by molar-refractivity contribution is 0.0550. The van der Waals surface area contributed by atoms with Gasteiger partial charge in [0.15, 0.2) is 0 Å². The summed E-state index contributed by atoms with van der Waals surface area (Å²) in [7, 11) is 2.29. The third-order valence-corrected chi connectivity index (χ3v) is 4.29. The van der Waals surface area contributed by atoms with Crippen LogP contribution in [0.1, 0.15) is 32.1 Å². The molecule has 3 nitrogen and oxygen atoms in total. The largest absolute Gasteiger partial charge is 0.381 e. The molecule has 0 amide bonds. The molecule has 2 heterocycles. The monoisotopic (exact) mass is 312 g/mol. The molecule has 0 aromatic rings. The number of hydrogen-bond acceptors (Lipinski definition) is 3. The van der Waals surface area contributed by atoms with Crippen molar-refractivity contribution >= 4 is 24.8 Å². The molecule has 0 bridgehead atoms. The lowest BCUT2D eigenvalue weighted by Crippen LogP contribution is -2.33. The van der Waals surface area contributed by atoms with Crippen LogP contribution in [-0.2, 0) is 4.74 Å². The van der Waals surface area contributed by atoms with Gasteiger partial charge < -0.3 is 15.0 Å². The number of nitrogens with one attached hydrogen (secondary N) is 1. The van der Waals surface area contributed by atoms with E-state index in [4.69, 9.17) is 4.74 Å². The van der Waals surface area contributed by atoms with Crippen molar-refractivity contribution in [2.24, 2.45) is 11.8 Å². The van der Waals surface area contributed by atoms with Crippen molar-refractivity contribution in [2.75, 3.05) is 46.4 Å². The van der Waals surface area contributed by atoms with Gasteiger partial charge in [-0.25, -0.2) is 0 Å². The Labute approximate surface area is 130 Å². The van der Waals surface area contributed by atoms with Crippen LogP contribution in [0, 0.1) is 11.8 Å². The first-order valence-electron chi connectivity index (χ1n) is 7.31. The number of ether oxygens (including phenoxy) is 1. The summed E-state index contributed by atoms with van der Waals surface area (Å²) in [4.78, 5) is 2.54. The van der Waals surface area contributed by atoms with Gasteiger partial charge in [0.2, 0.25) is 0 Å². The van der Waals surface area contributed by atoms with E-state index in [9.17, 15) is 0 Å². The zero-order chi connectivity index (χ0) is 11.9. The summed E-state index contributed by atoms with van der Waals surface area (Å²) in [6, 6.07) is 0. The van der Waals surface area contributed by atoms with Gasteiger partial charge in [0.25, 0.3) is 0 Å². The van der Waals surface area contributed by atoms with Crippen molar-refractivity contribution in [1.29, 1.82) is 0 Å². The highest BCUT2D eigenvalue weighted by molar-refractivity contribution is 5.85. The fourth-order valence-corrected chi connectivity index (χ4v) is 3.03. The standard InChI is InChI=1S/C14H28N2O.2ClH/c1-16(12-14-5-10-17-11-6-14)9-4-13-2-7-15-8-3-13;;/h13-15H,2-12H2,1H3;2*1H. The number of nitrogens with zero attached hydrogens (tertiary/aromatic N) is 1. The number of hydrogen-bond donors (Lipinski definition) is 1. The highest BCUT2D eigenvalue weighted by atomic mass is 35.5. The van der Waals surface area contributed by atoms with Crippen LogP contribution in [0.15, 0.2) is 0 Å². The lowest BCUT2D eigenvalue weighted by Gasteiger charge is -2.29. The Morgan fingerprint density at radius 1 is 1.00 bits per heavy atom. The number of piperidine rings is 1. The molecule has 5 heteroatoms. The second-order valence-electron chi connectivity index (χ2n) is 5.80. The predicted molar refractivity (Wildman–Crippen MR) is 85.7 cm³/mol. The van der Waals surface area contributed by atoms with E-state index in [1.165, 1.54) is 58.3 Å². The molecule has 2 rings (SSSR count). The van der Waals surface area contributed by atoms with Crippen LogP contribution < -0.4 is 5.32 Å². The lowest BCUT2D eigenvalue weighted by atomic mass is 9.94. The smallest absolute Gasteiger partial charge is 0.0469 e. The second-order valence-corrected chi connectivity index (χ2v) is 5.80. The van der Waals surface area contributed by atoms with Gasteiger partial charge in [-0.05, 0) is 70.6 Å². The highest BCUT2D eigenvalue weighted by Crippen LogP contribution is 2.18. The molecule has 0 atom stereocenters. The van der Waals surface area contributed by atoms with Crippen molar-refractivity contribution in [3.8, 4) is 0 Å². The van der Waals surface area contributed by atoms with Crippen molar-refractivity contribution in [1.82, 2.24) is 10.2 Å². The van der Waals surface area contributed by atoms with Gasteiger partial charge in [-0.15, -0.1) is 24.8 Å². The Hall–Kier alpha value is 0.460. The molecule has 2 aliphatic rings. The maximum atomic E-state index is 5.41. The van der Waals surface area contributed by atoms with Gasteiger partial charge in [0.05, 0.1) is 0 Å². The summed E-state index contributed by atoms with van der Waals surface area (Å²) in [6.07, 6.45) is 6.67. The average Bonchev–Trinajstić information content (AvgIpc) is 2.39. The zero-order valence-electron chi connectivity index (χ0n) is 12.1. The number of halogens is 2. The maximum Gasteiger partial charge on any atom is 0.0469 e. The Morgan fingerprint density at radius 3 is 2.26 bits per heavy atom. The summed E-state index contributed by atoms with van der Waals surface area (Å²) in [5, 5.41) is 3.44. The second kappa shape index (κ2) is 11.2.